The molecule has 19 heavy (non-hydrogen) atoms. The zero-order valence-electron chi connectivity index (χ0n) is 10.0. The van der Waals surface area contributed by atoms with Gasteiger partial charge in [0.25, 0.3) is 5.56 Å². The highest BCUT2D eigenvalue weighted by Crippen LogP contribution is 2.15. The predicted octanol–water partition coefficient (Wildman–Crippen LogP) is 0.831. The summed E-state index contributed by atoms with van der Waals surface area (Å²) >= 11 is 0. The van der Waals surface area contributed by atoms with Crippen LogP contribution >= 0.6 is 0 Å². The molecule has 0 radical (unpaired) electrons. The smallest absolute Gasteiger partial charge is 0.360 e. The van der Waals surface area contributed by atoms with Crippen LogP contribution in [0.1, 0.15) is 23.0 Å². The summed E-state index contributed by atoms with van der Waals surface area (Å²) in [4.78, 5) is 26.8. The number of carboxylic acids is 1. The molecule has 3 rings (SSSR count). The van der Waals surface area contributed by atoms with Crippen LogP contribution in [0, 0.1) is 0 Å². The molecule has 3 aromatic rings. The van der Waals surface area contributed by atoms with Crippen LogP contribution in [0.2, 0.25) is 0 Å². The first-order valence-corrected chi connectivity index (χ1v) is 5.75. The third-order valence-corrected chi connectivity index (χ3v) is 3.04. The number of carbonyl (C=O) groups is 1. The van der Waals surface area contributed by atoms with Crippen LogP contribution in [0.25, 0.3) is 16.6 Å². The molecule has 2 aromatic heterocycles. The molecule has 1 aromatic carbocycles. The third-order valence-electron chi connectivity index (χ3n) is 3.04. The first-order chi connectivity index (χ1) is 9.11. The van der Waals surface area contributed by atoms with E-state index in [4.69, 9.17) is 5.11 Å². The highest BCUT2D eigenvalue weighted by atomic mass is 16.4. The van der Waals surface area contributed by atoms with Gasteiger partial charge in [0.15, 0.2) is 5.65 Å². The zero-order chi connectivity index (χ0) is 13.6. The summed E-state index contributed by atoms with van der Waals surface area (Å²) in [5, 5.41) is 15.6. The first kappa shape index (κ1) is 11.4. The normalized spacial score (nSPS) is 11.2. The third kappa shape index (κ3) is 1.59. The fraction of sp³-hybridized carbons (Fsp3) is 0.167. The van der Waals surface area contributed by atoms with Gasteiger partial charge in [0, 0.05) is 0 Å². The molecule has 0 aliphatic rings. The van der Waals surface area contributed by atoms with Crippen molar-refractivity contribution >= 4 is 22.5 Å². The van der Waals surface area contributed by atoms with E-state index in [-0.39, 0.29) is 11.3 Å². The number of fused-ring (bicyclic) bond motifs is 3. The molecular formula is C12H10N4O3. The molecule has 2 heterocycles. The topological polar surface area (TPSA) is 100 Å². The van der Waals surface area contributed by atoms with Crippen molar-refractivity contribution in [1.29, 1.82) is 0 Å². The van der Waals surface area contributed by atoms with Gasteiger partial charge in [-0.1, -0.05) is 13.0 Å². The van der Waals surface area contributed by atoms with Crippen molar-refractivity contribution < 1.29 is 9.90 Å². The SMILES string of the molecule is CCc1ccc2c(c1)c(=O)nc1c(C(=O)O)n[nH]n12. The molecule has 0 bridgehead atoms. The number of aromatic amines is 1. The van der Waals surface area contributed by atoms with E-state index in [0.717, 1.165) is 12.0 Å². The average Bonchev–Trinajstić information content (AvgIpc) is 2.82. The summed E-state index contributed by atoms with van der Waals surface area (Å²) in [5.74, 6) is -1.23. The van der Waals surface area contributed by atoms with E-state index in [1.54, 1.807) is 12.1 Å². The summed E-state index contributed by atoms with van der Waals surface area (Å²) in [6.45, 7) is 1.99. The van der Waals surface area contributed by atoms with Gasteiger partial charge in [0.1, 0.15) is 0 Å². The standard InChI is InChI=1S/C12H10N4O3/c1-2-6-3-4-8-7(5-6)11(17)13-10-9(12(18)19)14-15-16(8)10/h3-5,15H,2H2,1H3,(H,18,19). The second-order valence-corrected chi connectivity index (χ2v) is 4.15. The van der Waals surface area contributed by atoms with Crippen molar-refractivity contribution in [2.45, 2.75) is 13.3 Å². The Kier molecular flexibility index (Phi) is 2.34. The number of nitrogens with zero attached hydrogens (tertiary/aromatic N) is 3. The van der Waals surface area contributed by atoms with Crippen LogP contribution in [0.4, 0.5) is 0 Å². The monoisotopic (exact) mass is 258 g/mol. The summed E-state index contributed by atoms with van der Waals surface area (Å²) < 4.78 is 1.40. The molecular weight excluding hydrogens is 248 g/mol. The highest BCUT2D eigenvalue weighted by Gasteiger charge is 2.17. The summed E-state index contributed by atoms with van der Waals surface area (Å²) in [6.07, 6.45) is 0.807. The molecule has 0 spiro atoms. The average molecular weight is 258 g/mol. The van der Waals surface area contributed by atoms with E-state index < -0.39 is 11.5 Å². The van der Waals surface area contributed by atoms with Crippen molar-refractivity contribution in [1.82, 2.24) is 19.8 Å². The van der Waals surface area contributed by atoms with Gasteiger partial charge in [-0.15, -0.1) is 5.10 Å². The summed E-state index contributed by atoms with van der Waals surface area (Å²) in [6, 6.07) is 5.40. The lowest BCUT2D eigenvalue weighted by Gasteiger charge is -2.02. The maximum absolute atomic E-state index is 12.0. The molecule has 0 unspecified atom stereocenters. The minimum atomic E-state index is -1.23. The van der Waals surface area contributed by atoms with E-state index >= 15 is 0 Å². The number of H-pyrrole nitrogens is 1. The summed E-state index contributed by atoms with van der Waals surface area (Å²) in [5.41, 5.74) is 0.888. The molecule has 7 heteroatoms. The molecule has 0 saturated heterocycles. The Hall–Kier alpha value is -2.70. The lowest BCUT2D eigenvalue weighted by Crippen LogP contribution is -2.12. The van der Waals surface area contributed by atoms with E-state index in [1.807, 2.05) is 13.0 Å². The molecule has 0 atom stereocenters. The largest absolute Gasteiger partial charge is 0.476 e. The van der Waals surface area contributed by atoms with Gasteiger partial charge in [-0.25, -0.2) is 14.5 Å². The number of aryl methyl sites for hydroxylation is 1. The number of hydrogen-bond acceptors (Lipinski definition) is 4. The highest BCUT2D eigenvalue weighted by molar-refractivity contribution is 5.93. The second-order valence-electron chi connectivity index (χ2n) is 4.15. The molecule has 2 N–H and O–H groups in total. The number of nitrogens with one attached hydrogen (secondary N) is 1. The van der Waals surface area contributed by atoms with E-state index in [9.17, 15) is 9.59 Å². The van der Waals surface area contributed by atoms with Crippen LogP contribution in [0.5, 0.6) is 0 Å². The zero-order valence-corrected chi connectivity index (χ0v) is 10.0. The van der Waals surface area contributed by atoms with Crippen molar-refractivity contribution in [3.8, 4) is 0 Å². The van der Waals surface area contributed by atoms with Gasteiger partial charge in [0.05, 0.1) is 10.9 Å². The van der Waals surface area contributed by atoms with Gasteiger partial charge >= 0.3 is 5.97 Å². The Balaban J connectivity index is 2.48. The number of aromatic nitrogens is 4. The maximum Gasteiger partial charge on any atom is 0.360 e. The number of benzene rings is 1. The van der Waals surface area contributed by atoms with Crippen LogP contribution in [-0.2, 0) is 6.42 Å². The maximum atomic E-state index is 12.0. The number of hydrogen-bond donors (Lipinski definition) is 2. The first-order valence-electron chi connectivity index (χ1n) is 5.75. The predicted molar refractivity (Wildman–Crippen MR) is 67.5 cm³/mol. The van der Waals surface area contributed by atoms with Gasteiger partial charge in [-0.2, -0.15) is 4.98 Å². The Morgan fingerprint density at radius 2 is 2.26 bits per heavy atom. The Labute approximate surface area is 106 Å². The number of aromatic carboxylic acids is 1. The lowest BCUT2D eigenvalue weighted by molar-refractivity contribution is 0.0692. The van der Waals surface area contributed by atoms with Crippen molar-refractivity contribution in [2.24, 2.45) is 0 Å². The Morgan fingerprint density at radius 3 is 2.95 bits per heavy atom. The molecule has 0 amide bonds. The second kappa shape index (κ2) is 3.91. The molecule has 0 aliphatic carbocycles. The minimum Gasteiger partial charge on any atom is -0.476 e. The Morgan fingerprint density at radius 1 is 1.47 bits per heavy atom. The molecule has 0 aliphatic heterocycles. The van der Waals surface area contributed by atoms with Crippen LogP contribution in [-0.4, -0.2) is 30.9 Å². The Bertz CT molecular complexity index is 862. The molecule has 7 nitrogen and oxygen atoms in total. The molecule has 0 fully saturated rings. The molecule has 0 saturated carbocycles. The number of rotatable bonds is 2. The van der Waals surface area contributed by atoms with Gasteiger partial charge in [0.2, 0.25) is 5.69 Å². The van der Waals surface area contributed by atoms with Crippen molar-refractivity contribution in [3.63, 3.8) is 0 Å². The van der Waals surface area contributed by atoms with Gasteiger partial charge in [-0.3, -0.25) is 4.79 Å². The minimum absolute atomic E-state index is 0.0225. The van der Waals surface area contributed by atoms with E-state index in [2.05, 4.69) is 15.3 Å². The van der Waals surface area contributed by atoms with Crippen molar-refractivity contribution in [3.05, 3.63) is 39.8 Å². The van der Waals surface area contributed by atoms with Crippen molar-refractivity contribution in [2.75, 3.05) is 0 Å². The van der Waals surface area contributed by atoms with E-state index in [1.165, 1.54) is 4.52 Å². The quantitative estimate of drug-likeness (QED) is 0.709. The van der Waals surface area contributed by atoms with Crippen LogP contribution < -0.4 is 5.56 Å². The van der Waals surface area contributed by atoms with Gasteiger partial charge < -0.3 is 5.11 Å². The van der Waals surface area contributed by atoms with Gasteiger partial charge in [-0.05, 0) is 24.1 Å². The fourth-order valence-corrected chi connectivity index (χ4v) is 2.04. The number of carboxylic acid groups (broad SMARTS) is 1. The fourth-order valence-electron chi connectivity index (χ4n) is 2.04. The van der Waals surface area contributed by atoms with Crippen LogP contribution in [0.15, 0.2) is 23.0 Å². The molecule has 96 valence electrons. The summed E-state index contributed by atoms with van der Waals surface area (Å²) in [7, 11) is 0. The van der Waals surface area contributed by atoms with Crippen LogP contribution in [0.3, 0.4) is 0 Å². The lowest BCUT2D eigenvalue weighted by atomic mass is 10.1. The van der Waals surface area contributed by atoms with E-state index in [0.29, 0.717) is 10.9 Å².